The Morgan fingerprint density at radius 2 is 0.667 bits per heavy atom. The van der Waals surface area contributed by atoms with Crippen molar-refractivity contribution in [2.24, 2.45) is 0 Å². The molecule has 9 heavy (non-hydrogen) atoms. The summed E-state index contributed by atoms with van der Waals surface area (Å²) in [4.78, 5) is 0. The summed E-state index contributed by atoms with van der Waals surface area (Å²) in [5, 5.41) is 0. The molecule has 0 nitrogen and oxygen atoms in total. The Hall–Kier alpha value is 0.940. The minimum absolute atomic E-state index is 0. The molecule has 0 saturated carbocycles. The molecule has 0 radical (unpaired) electrons. The normalized spacial score (nSPS) is 18.0. The Morgan fingerprint density at radius 1 is 0.667 bits per heavy atom. The minimum Gasteiger partial charge on any atom is 1.00 e. The van der Waals surface area contributed by atoms with Crippen LogP contribution < -0.4 is 29.6 Å². The number of halogens is 7. The van der Waals surface area contributed by atoms with E-state index in [0.717, 1.165) is 0 Å². The molecule has 0 rings (SSSR count). The zero-order chi connectivity index (χ0) is 6.41. The molecule has 0 saturated heterocycles. The van der Waals surface area contributed by atoms with E-state index < -0.39 is 7.81 Å². The molecule has 0 amide bonds. The number of rotatable bonds is 0. The quantitative estimate of drug-likeness (QED) is 0.295. The van der Waals surface area contributed by atoms with E-state index in [1.165, 1.54) is 0 Å². The van der Waals surface area contributed by atoms with E-state index in [4.69, 9.17) is 0 Å². The van der Waals surface area contributed by atoms with Gasteiger partial charge in [0, 0.05) is 0 Å². The van der Waals surface area contributed by atoms with E-state index in [1.807, 2.05) is 0 Å². The summed E-state index contributed by atoms with van der Waals surface area (Å²) < 4.78 is 59.2. The third-order valence-corrected chi connectivity index (χ3v) is 0. The van der Waals surface area contributed by atoms with Crippen LogP contribution in [-0.4, -0.2) is 0 Å². The van der Waals surface area contributed by atoms with Crippen molar-refractivity contribution in [1.82, 2.24) is 0 Å². The molecule has 0 spiro atoms. The monoisotopic (exact) mass is 188 g/mol. The van der Waals surface area contributed by atoms with Crippen LogP contribution in [0.3, 0.4) is 0 Å². The van der Waals surface area contributed by atoms with Crippen LogP contribution in [0.5, 0.6) is 0 Å². The van der Waals surface area contributed by atoms with E-state index in [9.17, 15) is 25.2 Å². The fourth-order valence-corrected chi connectivity index (χ4v) is 0. The molecule has 0 heterocycles. The second-order valence-corrected chi connectivity index (χ2v) is 2.87. The van der Waals surface area contributed by atoms with Crippen LogP contribution in [0.4, 0.5) is 29.9 Å². The molecule has 0 aromatic heterocycles. The van der Waals surface area contributed by atoms with Crippen molar-refractivity contribution < 1.29 is 59.4 Å². The van der Waals surface area contributed by atoms with E-state index in [-0.39, 0.29) is 34.3 Å². The fourth-order valence-electron chi connectivity index (χ4n) is 0. The van der Waals surface area contributed by atoms with Gasteiger partial charge in [-0.15, -0.1) is 0 Å². The maximum atomic E-state index is 9.87. The van der Waals surface area contributed by atoms with Gasteiger partial charge in [-0.25, -0.2) is 0 Å². The van der Waals surface area contributed by atoms with Gasteiger partial charge in [0.25, 0.3) is 0 Å². The molecule has 0 aromatic carbocycles. The van der Waals surface area contributed by atoms with Crippen molar-refractivity contribution in [2.45, 2.75) is 0 Å². The van der Waals surface area contributed by atoms with Crippen LogP contribution in [0.1, 0.15) is 0 Å². The van der Waals surface area contributed by atoms with Crippen molar-refractivity contribution in [3.8, 4) is 0 Å². The Balaban J connectivity index is -0.000000180. The molecule has 56 valence electrons. The van der Waals surface area contributed by atoms with Gasteiger partial charge in [0.1, 0.15) is 0 Å². The summed E-state index contributed by atoms with van der Waals surface area (Å²) in [6.07, 6.45) is 0. The average molecular weight is 188 g/mol. The Bertz CT molecular complexity index is 67.5. The maximum Gasteiger partial charge on any atom is 1.00 e. The van der Waals surface area contributed by atoms with E-state index in [0.29, 0.717) is 0 Å². The zero-order valence-electron chi connectivity index (χ0n) is 4.12. The van der Waals surface area contributed by atoms with Crippen LogP contribution in [0.15, 0.2) is 0 Å². The molecule has 0 N–H and O–H groups in total. The van der Waals surface area contributed by atoms with Crippen LogP contribution in [0.2, 0.25) is 0 Å². The van der Waals surface area contributed by atoms with Crippen molar-refractivity contribution in [3.63, 3.8) is 0 Å². The predicted molar refractivity (Wildman–Crippen MR) is 16.1 cm³/mol. The van der Waals surface area contributed by atoms with Gasteiger partial charge >= 0.3 is 62.5 Å². The minimum atomic E-state index is -10.7. The van der Waals surface area contributed by atoms with Gasteiger partial charge in [0.2, 0.25) is 0 Å². The zero-order valence-corrected chi connectivity index (χ0v) is 7.02. The summed E-state index contributed by atoms with van der Waals surface area (Å²) in [5.74, 6) is 0. The van der Waals surface area contributed by atoms with Crippen molar-refractivity contribution in [3.05, 3.63) is 0 Å². The van der Waals surface area contributed by atoms with Crippen LogP contribution in [-0.2, 0) is 0 Å². The molecular weight excluding hydrogens is 187 g/mol. The van der Waals surface area contributed by atoms with Gasteiger partial charge in [-0.1, -0.05) is 0 Å². The van der Waals surface area contributed by atoms with Crippen LogP contribution in [0, 0.1) is 0 Å². The molecule has 0 aliphatic carbocycles. The van der Waals surface area contributed by atoms with E-state index >= 15 is 0 Å². The van der Waals surface area contributed by atoms with Gasteiger partial charge in [0.15, 0.2) is 0 Å². The largest absolute Gasteiger partial charge is 1.00 e. The molecule has 0 aromatic rings. The average Bonchev–Trinajstić information content (AvgIpc) is 0.592. The Kier molecular flexibility index (Phi) is 4.07. The summed E-state index contributed by atoms with van der Waals surface area (Å²) in [5.41, 5.74) is 0. The first-order chi connectivity index (χ1) is 2.45. The third kappa shape index (κ3) is 487. The Labute approximate surface area is 67.5 Å². The van der Waals surface area contributed by atoms with Gasteiger partial charge in [-0.3, -0.25) is 4.70 Å². The number of hydrogen-bond donors (Lipinski definition) is 0. The van der Waals surface area contributed by atoms with Crippen molar-refractivity contribution in [2.75, 3.05) is 0 Å². The molecule has 0 bridgehead atoms. The molecule has 0 aliphatic rings. The first-order valence-corrected chi connectivity index (χ1v) is 3.04. The second kappa shape index (κ2) is 2.22. The SMILES string of the molecule is F.F[P-](F)(F)(F)(F)F.[Na+]. The van der Waals surface area contributed by atoms with Crippen molar-refractivity contribution >= 4 is 7.81 Å². The van der Waals surface area contributed by atoms with Gasteiger partial charge in [0.05, 0.1) is 0 Å². The fraction of sp³-hybridized carbons (Fsp3) is 0. The maximum absolute atomic E-state index is 10.7. The van der Waals surface area contributed by atoms with Crippen LogP contribution >= 0.6 is 7.81 Å². The first-order valence-electron chi connectivity index (χ1n) is 1.01. The van der Waals surface area contributed by atoms with Gasteiger partial charge in [-0.2, -0.15) is 0 Å². The molecule has 0 aliphatic heterocycles. The molecular formula is HF7NaP. The Morgan fingerprint density at radius 3 is 0.667 bits per heavy atom. The van der Waals surface area contributed by atoms with Gasteiger partial charge < -0.3 is 0 Å². The van der Waals surface area contributed by atoms with Gasteiger partial charge in [-0.05, 0) is 0 Å². The van der Waals surface area contributed by atoms with E-state index in [1.54, 1.807) is 0 Å². The smallest absolute Gasteiger partial charge is 1.00 e. The molecule has 0 fully saturated rings. The topological polar surface area (TPSA) is 0 Å². The molecule has 0 atom stereocenters. The third-order valence-electron chi connectivity index (χ3n) is 0. The molecule has 0 unspecified atom stereocenters. The van der Waals surface area contributed by atoms with Crippen molar-refractivity contribution in [1.29, 1.82) is 0 Å². The predicted octanol–water partition coefficient (Wildman–Crippen LogP) is 0.539. The summed E-state index contributed by atoms with van der Waals surface area (Å²) in [6.45, 7) is 0. The van der Waals surface area contributed by atoms with E-state index in [2.05, 4.69) is 0 Å². The first kappa shape index (κ1) is 16.5. The molecule has 9 heteroatoms. The summed E-state index contributed by atoms with van der Waals surface area (Å²) in [6, 6.07) is 0. The standard InChI is InChI=1S/F6P.FH.Na/c1-7(2,3,4,5)6;;/h;1H;/q-1;;+1. The summed E-state index contributed by atoms with van der Waals surface area (Å²) >= 11 is 0. The summed E-state index contributed by atoms with van der Waals surface area (Å²) in [7, 11) is -10.7. The second-order valence-electron chi connectivity index (χ2n) is 0.958. The number of hydrogen-bond acceptors (Lipinski definition) is 0. The van der Waals surface area contributed by atoms with Crippen LogP contribution in [0.25, 0.3) is 0 Å².